The quantitative estimate of drug-likeness (QED) is 0.776. The molecule has 0 amide bonds. The first-order chi connectivity index (χ1) is 8.31. The van der Waals surface area contributed by atoms with E-state index in [2.05, 4.69) is 0 Å². The van der Waals surface area contributed by atoms with Crippen LogP contribution in [0.25, 0.3) is 0 Å². The van der Waals surface area contributed by atoms with E-state index in [0.29, 0.717) is 0 Å². The number of hydrogen-bond acceptors (Lipinski definition) is 4. The van der Waals surface area contributed by atoms with E-state index in [4.69, 9.17) is 15.6 Å². The van der Waals surface area contributed by atoms with Gasteiger partial charge in [0.1, 0.15) is 6.04 Å². The molecular formula is C11H14F3NO3. The molecule has 18 heavy (non-hydrogen) atoms. The number of benzene rings is 1. The minimum Gasteiger partial charge on any atom is -0.504 e. The zero-order chi connectivity index (χ0) is 13.9. The minimum atomic E-state index is -4.69. The highest BCUT2D eigenvalue weighted by Gasteiger charge is 2.40. The molecule has 7 heteroatoms. The summed E-state index contributed by atoms with van der Waals surface area (Å²) in [6.07, 6.45) is -4.69. The van der Waals surface area contributed by atoms with Gasteiger partial charge in [0, 0.05) is 5.56 Å². The molecule has 0 unspecified atom stereocenters. The Kier molecular flexibility index (Phi) is 4.42. The van der Waals surface area contributed by atoms with Gasteiger partial charge >= 0.3 is 6.18 Å². The Morgan fingerprint density at radius 3 is 2.44 bits per heavy atom. The molecule has 0 saturated carbocycles. The van der Waals surface area contributed by atoms with Crippen molar-refractivity contribution in [2.45, 2.75) is 25.7 Å². The lowest BCUT2D eigenvalue weighted by Crippen LogP contribution is -2.28. The third-order valence-electron chi connectivity index (χ3n) is 2.33. The van der Waals surface area contributed by atoms with Gasteiger partial charge in [-0.25, -0.2) is 0 Å². The molecule has 0 fully saturated rings. The van der Waals surface area contributed by atoms with E-state index in [1.807, 2.05) is 0 Å². The number of ether oxygens (including phenoxy) is 1. The fraction of sp³-hybridized carbons (Fsp3) is 0.455. The topological polar surface area (TPSA) is 75.7 Å². The number of phenolic OH excluding ortho intramolecular Hbond substituents is 1. The summed E-state index contributed by atoms with van der Waals surface area (Å²) < 4.78 is 42.6. The highest BCUT2D eigenvalue weighted by Crippen LogP contribution is 2.40. The summed E-state index contributed by atoms with van der Waals surface area (Å²) in [6.45, 7) is 1.31. The summed E-state index contributed by atoms with van der Waals surface area (Å²) in [6, 6.07) is -0.0512. The van der Waals surface area contributed by atoms with E-state index >= 15 is 0 Å². The number of aliphatic hydroxyl groups is 1. The third-order valence-corrected chi connectivity index (χ3v) is 2.33. The molecule has 0 aliphatic rings. The number of alkyl halides is 3. The van der Waals surface area contributed by atoms with Crippen LogP contribution in [0.15, 0.2) is 12.1 Å². The van der Waals surface area contributed by atoms with E-state index in [1.165, 1.54) is 6.07 Å². The van der Waals surface area contributed by atoms with E-state index in [9.17, 15) is 18.3 Å². The molecular weight excluding hydrogens is 251 g/mol. The summed E-state index contributed by atoms with van der Waals surface area (Å²) >= 11 is 0. The summed E-state index contributed by atoms with van der Waals surface area (Å²) in [5.74, 6) is -0.780. The smallest absolute Gasteiger partial charge is 0.407 e. The van der Waals surface area contributed by atoms with Gasteiger partial charge in [-0.1, -0.05) is 0 Å². The number of nitrogens with two attached hydrogens (primary N) is 1. The molecule has 0 spiro atoms. The molecule has 0 bridgehead atoms. The van der Waals surface area contributed by atoms with Gasteiger partial charge in [-0.2, -0.15) is 13.2 Å². The van der Waals surface area contributed by atoms with E-state index in [0.717, 1.165) is 6.07 Å². The number of phenols is 1. The molecule has 4 nitrogen and oxygen atoms in total. The Morgan fingerprint density at radius 1 is 1.39 bits per heavy atom. The van der Waals surface area contributed by atoms with Gasteiger partial charge in [0.05, 0.1) is 13.2 Å². The predicted molar refractivity (Wildman–Crippen MR) is 58.2 cm³/mol. The van der Waals surface area contributed by atoms with Gasteiger partial charge in [0.15, 0.2) is 11.5 Å². The number of aliphatic hydroxyl groups excluding tert-OH is 1. The van der Waals surface area contributed by atoms with Crippen molar-refractivity contribution >= 4 is 0 Å². The van der Waals surface area contributed by atoms with E-state index in [-0.39, 0.29) is 17.9 Å². The monoisotopic (exact) mass is 265 g/mol. The summed E-state index contributed by atoms with van der Waals surface area (Å²) in [4.78, 5) is 0. The van der Waals surface area contributed by atoms with E-state index < -0.39 is 30.1 Å². The Hall–Kier alpha value is -1.47. The zero-order valence-corrected chi connectivity index (χ0v) is 9.66. The van der Waals surface area contributed by atoms with Gasteiger partial charge in [-0.05, 0) is 24.6 Å². The second kappa shape index (κ2) is 5.45. The van der Waals surface area contributed by atoms with Crippen molar-refractivity contribution in [1.29, 1.82) is 0 Å². The maximum atomic E-state index is 12.5. The molecule has 1 aromatic carbocycles. The van der Waals surface area contributed by atoms with Gasteiger partial charge < -0.3 is 20.7 Å². The van der Waals surface area contributed by atoms with Gasteiger partial charge in [-0.15, -0.1) is 0 Å². The lowest BCUT2D eigenvalue weighted by Gasteiger charge is -2.19. The normalized spacial score (nSPS) is 13.4. The Balaban J connectivity index is 3.29. The van der Waals surface area contributed by atoms with Crippen LogP contribution < -0.4 is 10.5 Å². The van der Waals surface area contributed by atoms with Gasteiger partial charge in [0.2, 0.25) is 0 Å². The number of hydrogen-bond donors (Lipinski definition) is 3. The van der Waals surface area contributed by atoms with Crippen LogP contribution in [0, 0.1) is 0 Å². The van der Waals surface area contributed by atoms with Crippen LogP contribution in [-0.4, -0.2) is 23.0 Å². The summed E-state index contributed by atoms with van der Waals surface area (Å²) in [5, 5.41) is 18.7. The fourth-order valence-corrected chi connectivity index (χ4v) is 1.46. The zero-order valence-electron chi connectivity index (χ0n) is 9.66. The van der Waals surface area contributed by atoms with Gasteiger partial charge in [-0.3, -0.25) is 0 Å². The summed E-state index contributed by atoms with van der Waals surface area (Å²) in [7, 11) is 0. The lowest BCUT2D eigenvalue weighted by molar-refractivity contribution is -0.149. The second-order valence-corrected chi connectivity index (χ2v) is 3.64. The average molecular weight is 265 g/mol. The maximum Gasteiger partial charge on any atom is 0.407 e. The SMILES string of the molecule is CCOc1cc(CO)cc([C@H](N)C(F)(F)F)c1O. The number of halogens is 3. The van der Waals surface area contributed by atoms with Crippen molar-refractivity contribution in [2.24, 2.45) is 5.73 Å². The van der Waals surface area contributed by atoms with Crippen LogP contribution in [0.3, 0.4) is 0 Å². The summed E-state index contributed by atoms with van der Waals surface area (Å²) in [5.41, 5.74) is 4.71. The van der Waals surface area contributed by atoms with Crippen LogP contribution in [0.1, 0.15) is 24.1 Å². The standard InChI is InChI=1S/C11H14F3NO3/c1-2-18-8-4-6(5-16)3-7(9(8)17)10(15)11(12,13)14/h3-4,10,16-17H,2,5,15H2,1H3/t10-/m0/s1. The van der Waals surface area contributed by atoms with Crippen LogP contribution in [0.4, 0.5) is 13.2 Å². The molecule has 0 aliphatic heterocycles. The van der Waals surface area contributed by atoms with Crippen molar-refractivity contribution in [2.75, 3.05) is 6.61 Å². The molecule has 1 aromatic rings. The largest absolute Gasteiger partial charge is 0.504 e. The molecule has 0 saturated heterocycles. The third kappa shape index (κ3) is 3.05. The van der Waals surface area contributed by atoms with Crippen LogP contribution in [0.5, 0.6) is 11.5 Å². The van der Waals surface area contributed by atoms with Crippen molar-refractivity contribution < 1.29 is 28.1 Å². The highest BCUT2D eigenvalue weighted by molar-refractivity contribution is 5.50. The van der Waals surface area contributed by atoms with Gasteiger partial charge in [0.25, 0.3) is 0 Å². The Bertz CT molecular complexity index is 421. The van der Waals surface area contributed by atoms with Crippen LogP contribution in [-0.2, 0) is 6.61 Å². The van der Waals surface area contributed by atoms with E-state index in [1.54, 1.807) is 6.92 Å². The molecule has 0 aliphatic carbocycles. The molecule has 4 N–H and O–H groups in total. The fourth-order valence-electron chi connectivity index (χ4n) is 1.46. The van der Waals surface area contributed by atoms with Crippen molar-refractivity contribution in [1.82, 2.24) is 0 Å². The van der Waals surface area contributed by atoms with Crippen LogP contribution >= 0.6 is 0 Å². The average Bonchev–Trinajstić information content (AvgIpc) is 2.30. The highest BCUT2D eigenvalue weighted by atomic mass is 19.4. The molecule has 1 atom stereocenters. The Labute approximate surface area is 102 Å². The molecule has 1 rings (SSSR count). The predicted octanol–water partition coefficient (Wildman–Crippen LogP) is 1.85. The molecule has 0 radical (unpaired) electrons. The number of rotatable bonds is 4. The first-order valence-corrected chi connectivity index (χ1v) is 5.23. The van der Waals surface area contributed by atoms with Crippen molar-refractivity contribution in [3.63, 3.8) is 0 Å². The van der Waals surface area contributed by atoms with Crippen LogP contribution in [0.2, 0.25) is 0 Å². The van der Waals surface area contributed by atoms with Crippen molar-refractivity contribution in [3.05, 3.63) is 23.3 Å². The molecule has 0 heterocycles. The first-order valence-electron chi connectivity index (χ1n) is 5.23. The lowest BCUT2D eigenvalue weighted by atomic mass is 10.0. The minimum absolute atomic E-state index is 0.126. The maximum absolute atomic E-state index is 12.5. The second-order valence-electron chi connectivity index (χ2n) is 3.64. The number of aromatic hydroxyl groups is 1. The Morgan fingerprint density at radius 2 is 2.00 bits per heavy atom. The van der Waals surface area contributed by atoms with Crippen molar-refractivity contribution in [3.8, 4) is 11.5 Å². The molecule has 0 aromatic heterocycles. The first kappa shape index (κ1) is 14.6. The molecule has 102 valence electrons.